The quantitative estimate of drug-likeness (QED) is 0.755. The van der Waals surface area contributed by atoms with Crippen LogP contribution in [0.25, 0.3) is 0 Å². The van der Waals surface area contributed by atoms with Gasteiger partial charge in [0.2, 0.25) is 0 Å². The van der Waals surface area contributed by atoms with Gasteiger partial charge in [-0.1, -0.05) is 18.2 Å². The van der Waals surface area contributed by atoms with E-state index in [1.54, 1.807) is 0 Å². The summed E-state index contributed by atoms with van der Waals surface area (Å²) in [7, 11) is -4.53. The number of carbonyl (C=O) groups excluding carboxylic acids is 1. The van der Waals surface area contributed by atoms with Crippen molar-refractivity contribution in [3.8, 4) is 5.75 Å². The van der Waals surface area contributed by atoms with E-state index in [0.29, 0.717) is 16.4 Å². The lowest BCUT2D eigenvalue weighted by Gasteiger charge is -2.29. The molecule has 12 heteroatoms. The number of nitrogens with one attached hydrogen (secondary N) is 1. The second-order valence-electron chi connectivity index (χ2n) is 5.64. The molecule has 28 heavy (non-hydrogen) atoms. The van der Waals surface area contributed by atoms with Crippen LogP contribution in [0.15, 0.2) is 47.4 Å². The summed E-state index contributed by atoms with van der Waals surface area (Å²) in [6.07, 6.45) is -4.73. The van der Waals surface area contributed by atoms with Gasteiger partial charge >= 0.3 is 18.8 Å². The van der Waals surface area contributed by atoms with Gasteiger partial charge in [0.1, 0.15) is 10.6 Å². The standard InChI is InChI=1S/C16H11F5N2O4S/c17-14(18)27-12-4-2-1-3-9(12)8-23-15(24)22-11-7-10(16(19,20)21)5-6-13(11)28(23,25)26/h1-7,14H,8H2,(H,22,24). The van der Waals surface area contributed by atoms with Crippen LogP contribution in [0.4, 0.5) is 32.4 Å². The van der Waals surface area contributed by atoms with Crippen LogP contribution in [0, 0.1) is 0 Å². The third-order valence-electron chi connectivity index (χ3n) is 3.85. The maximum Gasteiger partial charge on any atom is 0.416 e. The van der Waals surface area contributed by atoms with Crippen LogP contribution in [-0.2, 0) is 22.7 Å². The highest BCUT2D eigenvalue weighted by Crippen LogP contribution is 2.37. The molecule has 1 heterocycles. The van der Waals surface area contributed by atoms with Crippen molar-refractivity contribution in [2.45, 2.75) is 24.2 Å². The Balaban J connectivity index is 1.99. The number of alkyl halides is 5. The van der Waals surface area contributed by atoms with Crippen molar-refractivity contribution in [3.63, 3.8) is 0 Å². The number of sulfonamides is 1. The number of rotatable bonds is 4. The Morgan fingerprint density at radius 1 is 1.11 bits per heavy atom. The van der Waals surface area contributed by atoms with E-state index in [4.69, 9.17) is 0 Å². The maximum absolute atomic E-state index is 12.8. The van der Waals surface area contributed by atoms with Gasteiger partial charge in [-0.25, -0.2) is 17.5 Å². The Kier molecular flexibility index (Phi) is 4.91. The first-order valence-electron chi connectivity index (χ1n) is 7.58. The Hall–Kier alpha value is -2.89. The van der Waals surface area contributed by atoms with Crippen LogP contribution >= 0.6 is 0 Å². The molecule has 2 aromatic rings. The maximum atomic E-state index is 12.8. The predicted molar refractivity (Wildman–Crippen MR) is 86.3 cm³/mol. The average molecular weight is 422 g/mol. The van der Waals surface area contributed by atoms with Crippen LogP contribution in [0.2, 0.25) is 0 Å². The molecule has 0 spiro atoms. The first-order valence-corrected chi connectivity index (χ1v) is 9.02. The van der Waals surface area contributed by atoms with Crippen LogP contribution in [0.5, 0.6) is 5.75 Å². The second-order valence-corrected chi connectivity index (χ2v) is 7.47. The van der Waals surface area contributed by atoms with Crippen molar-refractivity contribution in [2.24, 2.45) is 0 Å². The number of fused-ring (bicyclic) bond motifs is 1. The van der Waals surface area contributed by atoms with Crippen molar-refractivity contribution >= 4 is 21.7 Å². The van der Waals surface area contributed by atoms with Gasteiger partial charge in [0, 0.05) is 5.56 Å². The molecule has 0 fully saturated rings. The van der Waals surface area contributed by atoms with E-state index in [1.807, 2.05) is 0 Å². The molecule has 1 aliphatic rings. The van der Waals surface area contributed by atoms with Gasteiger partial charge in [-0.2, -0.15) is 22.0 Å². The molecule has 0 aromatic heterocycles. The highest BCUT2D eigenvalue weighted by atomic mass is 32.2. The summed E-state index contributed by atoms with van der Waals surface area (Å²) in [5, 5.41) is 2.08. The first-order chi connectivity index (χ1) is 13.0. The van der Waals surface area contributed by atoms with Crippen LogP contribution in [0.1, 0.15) is 11.1 Å². The molecule has 0 radical (unpaired) electrons. The summed E-state index contributed by atoms with van der Waals surface area (Å²) in [6.45, 7) is -3.83. The van der Waals surface area contributed by atoms with E-state index in [1.165, 1.54) is 24.3 Å². The van der Waals surface area contributed by atoms with E-state index in [-0.39, 0.29) is 11.3 Å². The van der Waals surface area contributed by atoms with Gasteiger partial charge in [0.05, 0.1) is 17.8 Å². The molecule has 2 amide bonds. The smallest absolute Gasteiger partial charge is 0.416 e. The number of ether oxygens (including phenoxy) is 1. The third-order valence-corrected chi connectivity index (χ3v) is 5.63. The normalized spacial score (nSPS) is 15.9. The van der Waals surface area contributed by atoms with Crippen LogP contribution < -0.4 is 10.1 Å². The molecular weight excluding hydrogens is 411 g/mol. The number of anilines is 1. The number of amides is 2. The third kappa shape index (κ3) is 3.72. The molecular formula is C16H11F5N2O4S. The van der Waals surface area contributed by atoms with Crippen LogP contribution in [-0.4, -0.2) is 25.4 Å². The molecule has 1 aliphatic heterocycles. The summed E-state index contributed by atoms with van der Waals surface area (Å²) < 4.78 is 93.5. The lowest BCUT2D eigenvalue weighted by Crippen LogP contribution is -2.43. The molecule has 1 N–H and O–H groups in total. The van der Waals surface area contributed by atoms with Gasteiger partial charge in [-0.05, 0) is 24.3 Å². The SMILES string of the molecule is O=C1Nc2cc(C(F)(F)F)ccc2S(=O)(=O)N1Cc1ccccc1OC(F)F. The number of hydrogen-bond acceptors (Lipinski definition) is 4. The van der Waals surface area contributed by atoms with Crippen molar-refractivity contribution in [3.05, 3.63) is 53.6 Å². The summed E-state index contributed by atoms with van der Waals surface area (Å²) in [5.74, 6) is -0.335. The number of urea groups is 1. The summed E-state index contributed by atoms with van der Waals surface area (Å²) in [6, 6.07) is 5.82. The molecule has 0 atom stereocenters. The zero-order chi connectivity index (χ0) is 20.7. The molecule has 150 valence electrons. The Labute approximate surface area is 155 Å². The lowest BCUT2D eigenvalue weighted by atomic mass is 10.2. The number of halogens is 5. The highest BCUT2D eigenvalue weighted by Gasteiger charge is 2.39. The molecule has 6 nitrogen and oxygen atoms in total. The zero-order valence-corrected chi connectivity index (χ0v) is 14.5. The van der Waals surface area contributed by atoms with E-state index in [9.17, 15) is 35.2 Å². The van der Waals surface area contributed by atoms with E-state index in [0.717, 1.165) is 6.07 Å². The second kappa shape index (κ2) is 6.93. The fraction of sp³-hybridized carbons (Fsp3) is 0.188. The van der Waals surface area contributed by atoms with Crippen molar-refractivity contribution in [1.29, 1.82) is 0 Å². The predicted octanol–water partition coefficient (Wildman–Crippen LogP) is 4.04. The summed E-state index contributed by atoms with van der Waals surface area (Å²) in [5.41, 5.74) is -1.68. The van der Waals surface area contributed by atoms with Crippen molar-refractivity contribution in [1.82, 2.24) is 4.31 Å². The number of nitrogens with zero attached hydrogens (tertiary/aromatic N) is 1. The Morgan fingerprint density at radius 2 is 1.79 bits per heavy atom. The minimum atomic E-state index is -4.73. The minimum absolute atomic E-state index is 0.0307. The van der Waals surface area contributed by atoms with Gasteiger partial charge in [0.25, 0.3) is 10.0 Å². The topological polar surface area (TPSA) is 75.7 Å². The monoisotopic (exact) mass is 422 g/mol. The van der Waals surface area contributed by atoms with Crippen molar-refractivity contribution < 1.29 is 39.9 Å². The fourth-order valence-corrected chi connectivity index (χ4v) is 4.03. The lowest BCUT2D eigenvalue weighted by molar-refractivity contribution is -0.137. The Morgan fingerprint density at radius 3 is 2.43 bits per heavy atom. The molecule has 3 rings (SSSR count). The summed E-state index contributed by atoms with van der Waals surface area (Å²) >= 11 is 0. The van der Waals surface area contributed by atoms with Gasteiger partial charge in [-0.15, -0.1) is 0 Å². The largest absolute Gasteiger partial charge is 0.434 e. The number of carbonyl (C=O) groups is 1. The van der Waals surface area contributed by atoms with Gasteiger partial charge in [0.15, 0.2) is 0 Å². The first kappa shape index (κ1) is 19.9. The molecule has 0 aliphatic carbocycles. The molecule has 0 saturated carbocycles. The number of benzene rings is 2. The van der Waals surface area contributed by atoms with E-state index < -0.39 is 51.5 Å². The molecule has 2 aromatic carbocycles. The van der Waals surface area contributed by atoms with E-state index in [2.05, 4.69) is 10.1 Å². The molecule has 0 bridgehead atoms. The summed E-state index contributed by atoms with van der Waals surface area (Å²) in [4.78, 5) is 11.7. The highest BCUT2D eigenvalue weighted by molar-refractivity contribution is 7.90. The molecule has 0 unspecified atom stereocenters. The molecule has 0 saturated heterocycles. The number of para-hydroxylation sites is 1. The Bertz CT molecular complexity index is 1020. The van der Waals surface area contributed by atoms with Crippen molar-refractivity contribution in [2.75, 3.05) is 5.32 Å². The van der Waals surface area contributed by atoms with E-state index >= 15 is 0 Å². The minimum Gasteiger partial charge on any atom is -0.434 e. The fourth-order valence-electron chi connectivity index (χ4n) is 2.59. The van der Waals surface area contributed by atoms with Gasteiger partial charge < -0.3 is 10.1 Å². The van der Waals surface area contributed by atoms with Gasteiger partial charge in [-0.3, -0.25) is 0 Å². The van der Waals surface area contributed by atoms with Crippen LogP contribution in [0.3, 0.4) is 0 Å². The average Bonchev–Trinajstić information content (AvgIpc) is 2.58. The zero-order valence-electron chi connectivity index (χ0n) is 13.7. The number of hydrogen-bond donors (Lipinski definition) is 1.